The third-order valence-electron chi connectivity index (χ3n) is 5.35. The second-order valence-corrected chi connectivity index (χ2v) is 8.04. The molecule has 2 aromatic carbocycles. The highest BCUT2D eigenvalue weighted by molar-refractivity contribution is 6.51. The summed E-state index contributed by atoms with van der Waals surface area (Å²) in [5.74, 6) is -0.970. The van der Waals surface area contributed by atoms with Gasteiger partial charge >= 0.3 is 0 Å². The molecule has 0 aliphatic carbocycles. The molecule has 4 rings (SSSR count). The summed E-state index contributed by atoms with van der Waals surface area (Å²) in [5, 5.41) is 11.4. The normalized spacial score (nSPS) is 17.2. The Morgan fingerprint density at radius 3 is 2.09 bits per heavy atom. The zero-order valence-corrected chi connectivity index (χ0v) is 19.8. The van der Waals surface area contributed by atoms with Crippen LogP contribution >= 0.6 is 23.2 Å². The Morgan fingerprint density at radius 2 is 1.59 bits per heavy atom. The standard InChI is InChI=1S/C24H19Cl2NO7/c1-31-14-9-13(10-15(11-14)32-2)27-20(18-5-4-6-34-18)19(22(29)24(27)30)21(28)12-7-16(25)23(33-3)17(26)8-12/h4-11,20,28H,1-3H3/b21-19-. The van der Waals surface area contributed by atoms with Crippen molar-refractivity contribution < 1.29 is 33.3 Å². The number of anilines is 1. The molecule has 0 bridgehead atoms. The molecule has 1 aliphatic heterocycles. The Bertz CT molecular complexity index is 1260. The summed E-state index contributed by atoms with van der Waals surface area (Å²) in [5.41, 5.74) is 0.247. The van der Waals surface area contributed by atoms with Crippen molar-refractivity contribution in [1.82, 2.24) is 0 Å². The monoisotopic (exact) mass is 503 g/mol. The Labute approximate surface area is 204 Å². The third kappa shape index (κ3) is 3.95. The number of carbonyl (C=O) groups excluding carboxylic acids is 2. The fourth-order valence-electron chi connectivity index (χ4n) is 3.79. The first-order chi connectivity index (χ1) is 16.3. The van der Waals surface area contributed by atoms with Gasteiger partial charge in [0.1, 0.15) is 29.1 Å². The topological polar surface area (TPSA) is 98.4 Å². The van der Waals surface area contributed by atoms with Gasteiger partial charge in [0, 0.05) is 23.8 Å². The van der Waals surface area contributed by atoms with Crippen LogP contribution in [0.2, 0.25) is 10.0 Å². The molecule has 1 fully saturated rings. The number of furan rings is 1. The average molecular weight is 504 g/mol. The second-order valence-electron chi connectivity index (χ2n) is 7.23. The molecule has 0 radical (unpaired) electrons. The summed E-state index contributed by atoms with van der Waals surface area (Å²) >= 11 is 12.5. The molecule has 8 nitrogen and oxygen atoms in total. The molecule has 1 N–H and O–H groups in total. The van der Waals surface area contributed by atoms with Crippen molar-refractivity contribution in [3.05, 3.63) is 75.7 Å². The van der Waals surface area contributed by atoms with Gasteiger partial charge in [0.25, 0.3) is 11.7 Å². The first-order valence-corrected chi connectivity index (χ1v) is 10.7. The van der Waals surface area contributed by atoms with Crippen molar-refractivity contribution >= 4 is 46.3 Å². The number of ketones is 1. The Kier molecular flexibility index (Phi) is 6.45. The Morgan fingerprint density at radius 1 is 0.971 bits per heavy atom. The molecule has 1 aromatic heterocycles. The SMILES string of the molecule is COc1cc(OC)cc(N2C(=O)C(=O)/C(=C(\O)c3cc(Cl)c(OC)c(Cl)c3)C2c2ccco2)c1. The number of ether oxygens (including phenoxy) is 3. The predicted octanol–water partition coefficient (Wildman–Crippen LogP) is 5.24. The molecule has 0 saturated carbocycles. The third-order valence-corrected chi connectivity index (χ3v) is 5.91. The number of rotatable bonds is 6. The van der Waals surface area contributed by atoms with Crippen molar-refractivity contribution in [2.75, 3.05) is 26.2 Å². The van der Waals surface area contributed by atoms with E-state index in [0.29, 0.717) is 17.2 Å². The number of benzene rings is 2. The second kappa shape index (κ2) is 9.32. The molecule has 1 unspecified atom stereocenters. The van der Waals surface area contributed by atoms with Crippen LogP contribution in [0.1, 0.15) is 17.4 Å². The lowest BCUT2D eigenvalue weighted by Crippen LogP contribution is -2.29. The number of halogens is 2. The van der Waals surface area contributed by atoms with Crippen LogP contribution in [0.15, 0.2) is 58.7 Å². The van der Waals surface area contributed by atoms with Gasteiger partial charge in [-0.15, -0.1) is 0 Å². The molecule has 34 heavy (non-hydrogen) atoms. The van der Waals surface area contributed by atoms with E-state index >= 15 is 0 Å². The van der Waals surface area contributed by atoms with Gasteiger partial charge in [-0.25, -0.2) is 0 Å². The fourth-order valence-corrected chi connectivity index (χ4v) is 4.43. The van der Waals surface area contributed by atoms with Crippen molar-refractivity contribution in [1.29, 1.82) is 0 Å². The molecular formula is C24H19Cl2NO7. The van der Waals surface area contributed by atoms with Gasteiger partial charge in [-0.1, -0.05) is 23.2 Å². The van der Waals surface area contributed by atoms with E-state index in [1.807, 2.05) is 0 Å². The van der Waals surface area contributed by atoms with E-state index in [0.717, 1.165) is 0 Å². The zero-order valence-electron chi connectivity index (χ0n) is 18.3. The molecular weight excluding hydrogens is 485 g/mol. The first kappa shape index (κ1) is 23.5. The maximum atomic E-state index is 13.2. The number of aliphatic hydroxyl groups excluding tert-OH is 1. The largest absolute Gasteiger partial charge is 0.507 e. The summed E-state index contributed by atoms with van der Waals surface area (Å²) in [6.45, 7) is 0. The lowest BCUT2D eigenvalue weighted by atomic mass is 9.99. The summed E-state index contributed by atoms with van der Waals surface area (Å²) in [6, 6.07) is 9.70. The van der Waals surface area contributed by atoms with Crippen molar-refractivity contribution in [2.24, 2.45) is 0 Å². The zero-order chi connectivity index (χ0) is 24.6. The van der Waals surface area contributed by atoms with Crippen LogP contribution in [-0.2, 0) is 9.59 Å². The molecule has 10 heteroatoms. The molecule has 1 amide bonds. The number of hydrogen-bond acceptors (Lipinski definition) is 7. The van der Waals surface area contributed by atoms with Crippen LogP contribution in [0.4, 0.5) is 5.69 Å². The van der Waals surface area contributed by atoms with Crippen LogP contribution in [-0.4, -0.2) is 38.1 Å². The van der Waals surface area contributed by atoms with Crippen LogP contribution in [0.3, 0.4) is 0 Å². The van der Waals surface area contributed by atoms with E-state index < -0.39 is 23.5 Å². The maximum absolute atomic E-state index is 13.2. The minimum absolute atomic E-state index is 0.123. The van der Waals surface area contributed by atoms with Gasteiger partial charge in [0.15, 0.2) is 5.75 Å². The van der Waals surface area contributed by atoms with Gasteiger partial charge in [-0.05, 0) is 24.3 Å². The average Bonchev–Trinajstić information content (AvgIpc) is 3.45. The minimum atomic E-state index is -1.08. The van der Waals surface area contributed by atoms with Crippen molar-refractivity contribution in [3.63, 3.8) is 0 Å². The highest BCUT2D eigenvalue weighted by atomic mass is 35.5. The van der Waals surface area contributed by atoms with Crippen molar-refractivity contribution in [3.8, 4) is 17.2 Å². The van der Waals surface area contributed by atoms with Gasteiger partial charge < -0.3 is 23.7 Å². The molecule has 1 aliphatic rings. The molecule has 176 valence electrons. The van der Waals surface area contributed by atoms with Crippen molar-refractivity contribution in [2.45, 2.75) is 6.04 Å². The van der Waals surface area contributed by atoms with Gasteiger partial charge in [-0.3, -0.25) is 14.5 Å². The maximum Gasteiger partial charge on any atom is 0.300 e. The Hall–Kier alpha value is -3.62. The quantitative estimate of drug-likeness (QED) is 0.279. The first-order valence-electron chi connectivity index (χ1n) is 9.91. The summed E-state index contributed by atoms with van der Waals surface area (Å²) in [7, 11) is 4.33. The smallest absolute Gasteiger partial charge is 0.300 e. The van der Waals surface area contributed by atoms with E-state index in [2.05, 4.69) is 0 Å². The predicted molar refractivity (Wildman–Crippen MR) is 126 cm³/mol. The van der Waals surface area contributed by atoms with E-state index in [-0.39, 0.29) is 32.7 Å². The van der Waals surface area contributed by atoms with Gasteiger partial charge in [-0.2, -0.15) is 0 Å². The van der Waals surface area contributed by atoms with E-state index in [4.69, 9.17) is 41.8 Å². The summed E-state index contributed by atoms with van der Waals surface area (Å²) in [6.07, 6.45) is 1.41. The number of carbonyl (C=O) groups is 2. The number of hydrogen-bond donors (Lipinski definition) is 1. The van der Waals surface area contributed by atoms with Crippen LogP contribution in [0.5, 0.6) is 17.2 Å². The minimum Gasteiger partial charge on any atom is -0.507 e. The summed E-state index contributed by atoms with van der Waals surface area (Å²) in [4.78, 5) is 27.6. The van der Waals surface area contributed by atoms with E-state index in [1.165, 1.54) is 44.6 Å². The molecule has 0 spiro atoms. The number of methoxy groups -OCH3 is 3. The van der Waals surface area contributed by atoms with Crippen LogP contribution < -0.4 is 19.1 Å². The summed E-state index contributed by atoms with van der Waals surface area (Å²) < 4.78 is 21.3. The highest BCUT2D eigenvalue weighted by Crippen LogP contribution is 2.45. The van der Waals surface area contributed by atoms with Gasteiger partial charge in [0.2, 0.25) is 0 Å². The highest BCUT2D eigenvalue weighted by Gasteiger charge is 2.48. The number of nitrogens with zero attached hydrogens (tertiary/aromatic N) is 1. The molecule has 1 saturated heterocycles. The van der Waals surface area contributed by atoms with Gasteiger partial charge in [0.05, 0.1) is 48.9 Å². The lowest BCUT2D eigenvalue weighted by Gasteiger charge is -2.24. The van der Waals surface area contributed by atoms with E-state index in [1.54, 1.807) is 30.3 Å². The van der Waals surface area contributed by atoms with Crippen LogP contribution in [0, 0.1) is 0 Å². The molecule has 2 heterocycles. The van der Waals surface area contributed by atoms with E-state index in [9.17, 15) is 14.7 Å². The van der Waals surface area contributed by atoms with Crippen LogP contribution in [0.25, 0.3) is 5.76 Å². The number of aliphatic hydroxyl groups is 1. The lowest BCUT2D eigenvalue weighted by molar-refractivity contribution is -0.132. The number of amides is 1. The molecule has 1 atom stereocenters. The molecule has 3 aromatic rings. The fraction of sp³-hybridized carbons (Fsp3) is 0.167. The Balaban J connectivity index is 1.94. The number of Topliss-reactive ketones (excluding diaryl/α,β-unsaturated/α-hetero) is 1.